The molecule has 0 spiro atoms. The zero-order valence-electron chi connectivity index (χ0n) is 23.0. The molecule has 7 nitrogen and oxygen atoms in total. The molecular weight excluding hydrogens is 488 g/mol. The predicted molar refractivity (Wildman–Crippen MR) is 155 cm³/mol. The van der Waals surface area contributed by atoms with Gasteiger partial charge in [0.1, 0.15) is 5.75 Å². The van der Waals surface area contributed by atoms with Gasteiger partial charge in [-0.25, -0.2) is 0 Å². The van der Waals surface area contributed by atoms with Gasteiger partial charge in [-0.05, 0) is 84.2 Å². The minimum Gasteiger partial charge on any atom is -0.508 e. The molecule has 5 rings (SSSR count). The summed E-state index contributed by atoms with van der Waals surface area (Å²) in [5, 5.41) is 16.8. The fraction of sp³-hybridized carbons (Fsp3) is 0.406. The molecule has 1 amide bonds. The lowest BCUT2D eigenvalue weighted by Crippen LogP contribution is -2.45. The van der Waals surface area contributed by atoms with Gasteiger partial charge in [-0.3, -0.25) is 9.69 Å². The second kappa shape index (κ2) is 12.2. The molecule has 2 aliphatic rings. The topological polar surface area (TPSA) is 99.8 Å². The van der Waals surface area contributed by atoms with Gasteiger partial charge in [-0.2, -0.15) is 0 Å². The summed E-state index contributed by atoms with van der Waals surface area (Å²) in [4.78, 5) is 15.8. The van der Waals surface area contributed by atoms with E-state index < -0.39 is 6.04 Å². The van der Waals surface area contributed by atoms with Gasteiger partial charge in [0.15, 0.2) is 0 Å². The zero-order valence-corrected chi connectivity index (χ0v) is 23.0. The van der Waals surface area contributed by atoms with Crippen LogP contribution in [-0.2, 0) is 28.9 Å². The second-order valence-electron chi connectivity index (χ2n) is 10.9. The largest absolute Gasteiger partial charge is 0.508 e. The number of carbonyl (C=O) groups excluding carboxylic acids is 1. The number of fused-ring (bicyclic) bond motifs is 1. The maximum absolute atomic E-state index is 13.4. The Hall–Kier alpha value is -3.39. The van der Waals surface area contributed by atoms with E-state index in [4.69, 9.17) is 10.5 Å². The molecule has 0 aliphatic carbocycles. The summed E-state index contributed by atoms with van der Waals surface area (Å²) in [7, 11) is 0. The molecule has 2 unspecified atom stereocenters. The quantitative estimate of drug-likeness (QED) is 0.353. The van der Waals surface area contributed by atoms with Crippen LogP contribution in [0, 0.1) is 13.8 Å². The number of phenols is 1. The van der Waals surface area contributed by atoms with E-state index in [2.05, 4.69) is 51.9 Å². The highest BCUT2D eigenvalue weighted by Gasteiger charge is 2.28. The highest BCUT2D eigenvalue weighted by atomic mass is 16.5. The second-order valence-corrected chi connectivity index (χ2v) is 10.9. The van der Waals surface area contributed by atoms with Crippen molar-refractivity contribution in [1.82, 2.24) is 10.2 Å². The molecule has 5 N–H and O–H groups in total. The maximum atomic E-state index is 13.4. The van der Waals surface area contributed by atoms with Gasteiger partial charge in [0, 0.05) is 31.9 Å². The summed E-state index contributed by atoms with van der Waals surface area (Å²) in [5.74, 6) is 0.0835. The molecule has 0 saturated carbocycles. The van der Waals surface area contributed by atoms with Crippen LogP contribution in [0.15, 0.2) is 54.6 Å². The molecule has 0 radical (unpaired) electrons. The molecule has 1 saturated heterocycles. The average Bonchev–Trinajstić information content (AvgIpc) is 2.92. The lowest BCUT2D eigenvalue weighted by atomic mass is 9.90. The summed E-state index contributed by atoms with van der Waals surface area (Å²) in [5.41, 5.74) is 15.4. The van der Waals surface area contributed by atoms with Crippen molar-refractivity contribution >= 4 is 11.6 Å². The number of benzene rings is 3. The Bertz CT molecular complexity index is 1280. The Morgan fingerprint density at radius 2 is 1.82 bits per heavy atom. The van der Waals surface area contributed by atoms with Crippen LogP contribution in [0.1, 0.15) is 51.4 Å². The number of nitrogens with one attached hydrogen (secondary N) is 2. The van der Waals surface area contributed by atoms with E-state index in [0.717, 1.165) is 80.2 Å². The Morgan fingerprint density at radius 3 is 2.54 bits per heavy atom. The Labute approximate surface area is 231 Å². The molecule has 1 fully saturated rings. The smallest absolute Gasteiger partial charge is 0.237 e. The van der Waals surface area contributed by atoms with Crippen molar-refractivity contribution in [3.05, 3.63) is 93.5 Å². The number of amides is 1. The number of ether oxygens (including phenoxy) is 1. The van der Waals surface area contributed by atoms with Crippen molar-refractivity contribution in [1.29, 1.82) is 0 Å². The minimum atomic E-state index is -0.675. The molecule has 7 heteroatoms. The number of nitrogens with zero attached hydrogens (tertiary/aromatic N) is 1. The number of hydrogen-bond donors (Lipinski definition) is 4. The predicted octanol–water partition coefficient (Wildman–Crippen LogP) is 3.97. The monoisotopic (exact) mass is 528 g/mol. The van der Waals surface area contributed by atoms with Gasteiger partial charge in [0.25, 0.3) is 0 Å². The SMILES string of the molecule is Cc1cc(O)cc(C)c1CC(N)C(=O)NC1CCNc2c(CN3CCOCC3)cc(Cc3ccccc3)cc21. The third-order valence-electron chi connectivity index (χ3n) is 7.93. The van der Waals surface area contributed by atoms with Crippen LogP contribution in [0.5, 0.6) is 5.75 Å². The number of nitrogens with two attached hydrogens (primary N) is 1. The number of rotatable bonds is 8. The summed E-state index contributed by atoms with van der Waals surface area (Å²) in [6.45, 7) is 8.88. The molecule has 39 heavy (non-hydrogen) atoms. The van der Waals surface area contributed by atoms with E-state index in [9.17, 15) is 9.90 Å². The highest BCUT2D eigenvalue weighted by Crippen LogP contribution is 2.35. The standard InChI is InChI=1S/C32H40N4O3/c1-21-14-26(37)15-22(2)27(21)19-29(33)32(38)35-30-8-9-34-31-25(20-36-10-12-39-13-11-36)17-24(18-28(30)31)16-23-6-4-3-5-7-23/h3-7,14-15,17-18,29-30,34,37H,8-13,16,19-20,33H2,1-2H3,(H,35,38). The van der Waals surface area contributed by atoms with Gasteiger partial charge in [-0.1, -0.05) is 42.5 Å². The number of carbonyl (C=O) groups is 1. The highest BCUT2D eigenvalue weighted by molar-refractivity contribution is 5.83. The van der Waals surface area contributed by atoms with E-state index >= 15 is 0 Å². The minimum absolute atomic E-state index is 0.110. The van der Waals surface area contributed by atoms with E-state index in [1.807, 2.05) is 19.9 Å². The van der Waals surface area contributed by atoms with Gasteiger partial charge < -0.3 is 26.2 Å². The third-order valence-corrected chi connectivity index (χ3v) is 7.93. The van der Waals surface area contributed by atoms with Gasteiger partial charge in [-0.15, -0.1) is 0 Å². The fourth-order valence-corrected chi connectivity index (χ4v) is 5.87. The van der Waals surface area contributed by atoms with Gasteiger partial charge in [0.05, 0.1) is 25.3 Å². The first-order chi connectivity index (χ1) is 18.9. The van der Waals surface area contributed by atoms with Crippen LogP contribution in [0.3, 0.4) is 0 Å². The zero-order chi connectivity index (χ0) is 27.4. The molecule has 3 aromatic carbocycles. The number of hydrogen-bond acceptors (Lipinski definition) is 6. The number of anilines is 1. The molecule has 0 bridgehead atoms. The Morgan fingerprint density at radius 1 is 1.10 bits per heavy atom. The first-order valence-corrected chi connectivity index (χ1v) is 14.0. The van der Waals surface area contributed by atoms with E-state index in [1.165, 1.54) is 16.7 Å². The Kier molecular flexibility index (Phi) is 8.50. The summed E-state index contributed by atoms with van der Waals surface area (Å²) >= 11 is 0. The fourth-order valence-electron chi connectivity index (χ4n) is 5.87. The van der Waals surface area contributed by atoms with Crippen LogP contribution in [0.2, 0.25) is 0 Å². The van der Waals surface area contributed by atoms with Gasteiger partial charge >= 0.3 is 0 Å². The van der Waals surface area contributed by atoms with Crippen molar-refractivity contribution in [3.63, 3.8) is 0 Å². The maximum Gasteiger partial charge on any atom is 0.237 e. The van der Waals surface area contributed by atoms with Crippen LogP contribution in [0.25, 0.3) is 0 Å². The van der Waals surface area contributed by atoms with Crippen LogP contribution in [-0.4, -0.2) is 54.8 Å². The lowest BCUT2D eigenvalue weighted by Gasteiger charge is -2.33. The molecule has 206 valence electrons. The third kappa shape index (κ3) is 6.61. The van der Waals surface area contributed by atoms with Crippen molar-refractivity contribution in [3.8, 4) is 5.75 Å². The first-order valence-electron chi connectivity index (χ1n) is 14.0. The van der Waals surface area contributed by atoms with Crippen LogP contribution >= 0.6 is 0 Å². The molecule has 0 aromatic heterocycles. The molecule has 3 aromatic rings. The van der Waals surface area contributed by atoms with Crippen LogP contribution in [0.4, 0.5) is 5.69 Å². The van der Waals surface area contributed by atoms with Crippen molar-refractivity contribution < 1.29 is 14.6 Å². The van der Waals surface area contributed by atoms with Crippen molar-refractivity contribution in [2.24, 2.45) is 5.73 Å². The molecule has 2 atom stereocenters. The van der Waals surface area contributed by atoms with E-state index in [1.54, 1.807) is 12.1 Å². The van der Waals surface area contributed by atoms with E-state index in [-0.39, 0.29) is 17.7 Å². The van der Waals surface area contributed by atoms with E-state index in [0.29, 0.717) is 6.42 Å². The first kappa shape index (κ1) is 27.2. The lowest BCUT2D eigenvalue weighted by molar-refractivity contribution is -0.123. The normalized spacial score (nSPS) is 18.2. The van der Waals surface area contributed by atoms with Gasteiger partial charge in [0.2, 0.25) is 5.91 Å². The molecule has 2 aliphatic heterocycles. The van der Waals surface area contributed by atoms with Crippen molar-refractivity contribution in [2.75, 3.05) is 38.2 Å². The average molecular weight is 529 g/mol. The summed E-state index contributed by atoms with van der Waals surface area (Å²) in [6.07, 6.45) is 2.07. The number of aromatic hydroxyl groups is 1. The summed E-state index contributed by atoms with van der Waals surface area (Å²) < 4.78 is 5.57. The number of phenolic OH excluding ortho intramolecular Hbond substituents is 1. The number of morpholine rings is 1. The Balaban J connectivity index is 1.39. The van der Waals surface area contributed by atoms with Crippen molar-refractivity contribution in [2.45, 2.75) is 51.7 Å². The van der Waals surface area contributed by atoms with Crippen LogP contribution < -0.4 is 16.4 Å². The number of aryl methyl sites for hydroxylation is 2. The molecule has 2 heterocycles. The summed E-state index contributed by atoms with van der Waals surface area (Å²) in [6, 6.07) is 17.7. The molecular formula is C32H40N4O3.